The minimum Gasteiger partial charge on any atom is -0.0883 e. The molecule has 1 rings (SSSR count). The third-order valence-corrected chi connectivity index (χ3v) is 2.83. The Morgan fingerprint density at radius 2 is 2.07 bits per heavy atom. The summed E-state index contributed by atoms with van der Waals surface area (Å²) in [5.74, 6) is 0.699. The number of allylic oxidation sites excluding steroid dienone is 6. The van der Waals surface area contributed by atoms with Crippen LogP contribution in [0.25, 0.3) is 0 Å². The molecule has 0 aromatic heterocycles. The second-order valence-corrected chi connectivity index (χ2v) is 4.90. The van der Waals surface area contributed by atoms with Gasteiger partial charge in [-0.15, -0.1) is 0 Å². The van der Waals surface area contributed by atoms with Crippen LogP contribution >= 0.6 is 0 Å². The van der Waals surface area contributed by atoms with E-state index in [1.807, 2.05) is 0 Å². The first kappa shape index (κ1) is 12.3. The lowest BCUT2D eigenvalue weighted by atomic mass is 9.95. The van der Waals surface area contributed by atoms with E-state index in [0.717, 1.165) is 0 Å². The predicted molar refractivity (Wildman–Crippen MR) is 68.9 cm³/mol. The van der Waals surface area contributed by atoms with Crippen molar-refractivity contribution in [2.45, 2.75) is 52.9 Å². The third-order valence-electron chi connectivity index (χ3n) is 2.83. The summed E-state index contributed by atoms with van der Waals surface area (Å²) in [6, 6.07) is 0. The van der Waals surface area contributed by atoms with Gasteiger partial charge >= 0.3 is 0 Å². The first-order chi connectivity index (χ1) is 7.18. The lowest BCUT2D eigenvalue weighted by Gasteiger charge is -2.11. The molecule has 0 aromatic carbocycles. The van der Waals surface area contributed by atoms with Crippen LogP contribution in [0.1, 0.15) is 52.9 Å². The average Bonchev–Trinajstić information content (AvgIpc) is 2.20. The largest absolute Gasteiger partial charge is 0.0883 e. The first-order valence-electron chi connectivity index (χ1n) is 6.20. The van der Waals surface area contributed by atoms with E-state index in [0.29, 0.717) is 5.92 Å². The van der Waals surface area contributed by atoms with Crippen LogP contribution in [-0.4, -0.2) is 0 Å². The molecule has 1 aliphatic carbocycles. The van der Waals surface area contributed by atoms with Crippen molar-refractivity contribution in [2.24, 2.45) is 5.92 Å². The van der Waals surface area contributed by atoms with Gasteiger partial charge in [-0.05, 0) is 44.9 Å². The van der Waals surface area contributed by atoms with Gasteiger partial charge in [-0.1, -0.05) is 49.3 Å². The van der Waals surface area contributed by atoms with Crippen molar-refractivity contribution in [3.8, 4) is 0 Å². The SMILES string of the molecule is CC1=CC=C(CCC/C=C/C(C)C)CC1. The van der Waals surface area contributed by atoms with Gasteiger partial charge in [0.15, 0.2) is 0 Å². The van der Waals surface area contributed by atoms with Crippen molar-refractivity contribution in [1.82, 2.24) is 0 Å². The van der Waals surface area contributed by atoms with Gasteiger partial charge < -0.3 is 0 Å². The van der Waals surface area contributed by atoms with Crippen molar-refractivity contribution < 1.29 is 0 Å². The molecule has 0 heteroatoms. The van der Waals surface area contributed by atoms with Crippen LogP contribution in [0.4, 0.5) is 0 Å². The fourth-order valence-electron chi connectivity index (χ4n) is 1.81. The van der Waals surface area contributed by atoms with E-state index in [4.69, 9.17) is 0 Å². The molecule has 0 aliphatic heterocycles. The Hall–Kier alpha value is -0.780. The number of hydrogen-bond donors (Lipinski definition) is 0. The molecule has 0 bridgehead atoms. The van der Waals surface area contributed by atoms with Gasteiger partial charge in [-0.3, -0.25) is 0 Å². The Bertz CT molecular complexity index is 264. The number of rotatable bonds is 5. The molecule has 84 valence electrons. The Balaban J connectivity index is 2.16. The van der Waals surface area contributed by atoms with Crippen molar-refractivity contribution in [3.05, 3.63) is 35.5 Å². The quantitative estimate of drug-likeness (QED) is 0.435. The lowest BCUT2D eigenvalue weighted by Crippen LogP contribution is -1.91. The normalized spacial score (nSPS) is 17.1. The second kappa shape index (κ2) is 6.66. The summed E-state index contributed by atoms with van der Waals surface area (Å²) in [7, 11) is 0. The summed E-state index contributed by atoms with van der Waals surface area (Å²) >= 11 is 0. The van der Waals surface area contributed by atoms with Crippen LogP contribution in [0.2, 0.25) is 0 Å². The Kier molecular flexibility index (Phi) is 5.45. The van der Waals surface area contributed by atoms with Crippen LogP contribution in [0, 0.1) is 5.92 Å². The maximum atomic E-state index is 2.33. The molecule has 15 heavy (non-hydrogen) atoms. The maximum Gasteiger partial charge on any atom is -0.0280 e. The minimum atomic E-state index is 0.699. The van der Waals surface area contributed by atoms with E-state index < -0.39 is 0 Å². The molecule has 0 spiro atoms. The summed E-state index contributed by atoms with van der Waals surface area (Å²) in [5.41, 5.74) is 3.16. The van der Waals surface area contributed by atoms with Crippen molar-refractivity contribution in [1.29, 1.82) is 0 Å². The van der Waals surface area contributed by atoms with Gasteiger partial charge in [-0.2, -0.15) is 0 Å². The molecule has 0 aromatic rings. The molecule has 0 amide bonds. The fourth-order valence-corrected chi connectivity index (χ4v) is 1.81. The van der Waals surface area contributed by atoms with E-state index in [9.17, 15) is 0 Å². The molecular formula is C15H24. The minimum absolute atomic E-state index is 0.699. The molecule has 1 aliphatic rings. The van der Waals surface area contributed by atoms with Crippen LogP contribution in [0.5, 0.6) is 0 Å². The third kappa shape index (κ3) is 5.61. The van der Waals surface area contributed by atoms with E-state index in [1.54, 1.807) is 5.57 Å². The molecule has 0 atom stereocenters. The zero-order valence-electron chi connectivity index (χ0n) is 10.4. The molecule has 0 saturated heterocycles. The number of unbranched alkanes of at least 4 members (excludes halogenated alkanes) is 1. The molecule has 0 unspecified atom stereocenters. The summed E-state index contributed by atoms with van der Waals surface area (Å²) in [6.07, 6.45) is 15.6. The second-order valence-electron chi connectivity index (χ2n) is 4.90. The summed E-state index contributed by atoms with van der Waals surface area (Å²) in [5, 5.41) is 0. The van der Waals surface area contributed by atoms with Gasteiger partial charge in [0.05, 0.1) is 0 Å². The van der Waals surface area contributed by atoms with Gasteiger partial charge in [0, 0.05) is 0 Å². The highest BCUT2D eigenvalue weighted by atomic mass is 14.1. The van der Waals surface area contributed by atoms with Gasteiger partial charge in [0.25, 0.3) is 0 Å². The Morgan fingerprint density at radius 1 is 1.27 bits per heavy atom. The van der Waals surface area contributed by atoms with Crippen molar-refractivity contribution in [3.63, 3.8) is 0 Å². The molecule has 0 saturated carbocycles. The molecule has 0 nitrogen and oxygen atoms in total. The lowest BCUT2D eigenvalue weighted by molar-refractivity contribution is 0.759. The highest BCUT2D eigenvalue weighted by Crippen LogP contribution is 2.21. The highest BCUT2D eigenvalue weighted by Gasteiger charge is 2.02. The molecular weight excluding hydrogens is 180 g/mol. The standard InChI is InChI=1S/C15H24/c1-13(2)7-5-4-6-8-15-11-9-14(3)10-12-15/h5,7,9,11,13H,4,6,8,10,12H2,1-3H3/b7-5+. The molecule has 0 fully saturated rings. The van der Waals surface area contributed by atoms with Gasteiger partial charge in [0.1, 0.15) is 0 Å². The van der Waals surface area contributed by atoms with Crippen LogP contribution in [0.3, 0.4) is 0 Å². The average molecular weight is 204 g/mol. The van der Waals surface area contributed by atoms with E-state index in [-0.39, 0.29) is 0 Å². The first-order valence-corrected chi connectivity index (χ1v) is 6.20. The molecule has 0 heterocycles. The van der Waals surface area contributed by atoms with Crippen molar-refractivity contribution >= 4 is 0 Å². The van der Waals surface area contributed by atoms with Gasteiger partial charge in [-0.25, -0.2) is 0 Å². The van der Waals surface area contributed by atoms with E-state index in [1.165, 1.54) is 37.7 Å². The summed E-state index contributed by atoms with van der Waals surface area (Å²) in [6.45, 7) is 6.68. The molecule has 0 radical (unpaired) electrons. The Labute approximate surface area is 94.8 Å². The zero-order valence-corrected chi connectivity index (χ0v) is 10.4. The smallest absolute Gasteiger partial charge is 0.0280 e. The van der Waals surface area contributed by atoms with Crippen LogP contribution < -0.4 is 0 Å². The molecule has 0 N–H and O–H groups in total. The van der Waals surface area contributed by atoms with Crippen molar-refractivity contribution in [2.75, 3.05) is 0 Å². The van der Waals surface area contributed by atoms with Crippen LogP contribution in [-0.2, 0) is 0 Å². The Morgan fingerprint density at radius 3 is 2.67 bits per heavy atom. The fraction of sp³-hybridized carbons (Fsp3) is 0.600. The van der Waals surface area contributed by atoms with Gasteiger partial charge in [0.2, 0.25) is 0 Å². The topological polar surface area (TPSA) is 0 Å². The zero-order chi connectivity index (χ0) is 11.1. The predicted octanol–water partition coefficient (Wildman–Crippen LogP) is 5.04. The monoisotopic (exact) mass is 204 g/mol. The number of hydrogen-bond acceptors (Lipinski definition) is 0. The highest BCUT2D eigenvalue weighted by molar-refractivity contribution is 5.22. The van der Waals surface area contributed by atoms with E-state index in [2.05, 4.69) is 45.1 Å². The maximum absolute atomic E-state index is 2.33. The summed E-state index contributed by atoms with van der Waals surface area (Å²) in [4.78, 5) is 0. The van der Waals surface area contributed by atoms with Crippen LogP contribution in [0.15, 0.2) is 35.5 Å². The van der Waals surface area contributed by atoms with E-state index >= 15 is 0 Å². The summed E-state index contributed by atoms with van der Waals surface area (Å²) < 4.78 is 0.